The second-order valence-electron chi connectivity index (χ2n) is 6.60. The summed E-state index contributed by atoms with van der Waals surface area (Å²) in [4.78, 5) is 30.6. The lowest BCUT2D eigenvalue weighted by Gasteiger charge is -2.36. The van der Waals surface area contributed by atoms with Gasteiger partial charge in [0.2, 0.25) is 23.5 Å². The van der Waals surface area contributed by atoms with Gasteiger partial charge in [-0.1, -0.05) is 5.16 Å². The zero-order valence-corrected chi connectivity index (χ0v) is 16.0. The number of nitrogens with zero attached hydrogens (tertiary/aromatic N) is 3. The number of nitrogens with one attached hydrogen (secondary N) is 1. The van der Waals surface area contributed by atoms with E-state index in [2.05, 4.69) is 15.5 Å². The predicted molar refractivity (Wildman–Crippen MR) is 102 cm³/mol. The Labute approximate surface area is 162 Å². The molecule has 0 saturated carbocycles. The van der Waals surface area contributed by atoms with E-state index < -0.39 is 0 Å². The van der Waals surface area contributed by atoms with Crippen molar-refractivity contribution in [2.45, 2.75) is 44.6 Å². The summed E-state index contributed by atoms with van der Waals surface area (Å²) in [7, 11) is 0. The third-order valence-corrected chi connectivity index (χ3v) is 5.34. The fourth-order valence-electron chi connectivity index (χ4n) is 3.22. The average molecular weight is 391 g/mol. The highest BCUT2D eigenvalue weighted by Gasteiger charge is 2.27. The number of rotatable bonds is 8. The maximum Gasteiger partial charge on any atom is 0.227 e. The highest BCUT2D eigenvalue weighted by Crippen LogP contribution is 2.20. The number of piperidine rings is 1. The van der Waals surface area contributed by atoms with Crippen LogP contribution in [0.2, 0.25) is 0 Å². The van der Waals surface area contributed by atoms with Crippen LogP contribution in [0.15, 0.2) is 21.3 Å². The molecule has 1 aliphatic heterocycles. The Morgan fingerprint density at radius 2 is 2.26 bits per heavy atom. The predicted octanol–water partition coefficient (Wildman–Crippen LogP) is 1.58. The first-order chi connectivity index (χ1) is 13.2. The normalized spacial score (nSPS) is 17.1. The van der Waals surface area contributed by atoms with Gasteiger partial charge in [0.05, 0.1) is 0 Å². The molecule has 3 heterocycles. The van der Waals surface area contributed by atoms with Crippen LogP contribution in [0.1, 0.15) is 38.0 Å². The van der Waals surface area contributed by atoms with Crippen LogP contribution in [0.25, 0.3) is 11.4 Å². The van der Waals surface area contributed by atoms with Crippen LogP contribution in [-0.4, -0.2) is 52.5 Å². The molecule has 27 heavy (non-hydrogen) atoms. The molecule has 146 valence electrons. The standard InChI is InChI=1S/C18H25N5O3S/c19-8-6-15(24)20-11-14-3-1-2-9-23(14)17(25)5-4-16-21-18(22-26-16)13-7-10-27-12-13/h7,10,12,14H,1-6,8-9,11,19H2,(H,20,24). The molecule has 0 bridgehead atoms. The summed E-state index contributed by atoms with van der Waals surface area (Å²) < 4.78 is 5.26. The van der Waals surface area contributed by atoms with Crippen molar-refractivity contribution < 1.29 is 14.1 Å². The van der Waals surface area contributed by atoms with Crippen molar-refractivity contribution in [1.29, 1.82) is 0 Å². The number of nitrogens with two attached hydrogens (primary N) is 1. The van der Waals surface area contributed by atoms with Crippen molar-refractivity contribution >= 4 is 23.2 Å². The van der Waals surface area contributed by atoms with Gasteiger partial charge < -0.3 is 20.5 Å². The van der Waals surface area contributed by atoms with Crippen LogP contribution >= 0.6 is 11.3 Å². The molecule has 8 nitrogen and oxygen atoms in total. The Balaban J connectivity index is 1.51. The Kier molecular flexibility index (Phi) is 6.94. The topological polar surface area (TPSA) is 114 Å². The molecule has 3 rings (SSSR count). The lowest BCUT2D eigenvalue weighted by molar-refractivity contribution is -0.135. The molecule has 1 aliphatic rings. The number of hydrogen-bond donors (Lipinski definition) is 2. The van der Waals surface area contributed by atoms with E-state index in [9.17, 15) is 9.59 Å². The van der Waals surface area contributed by atoms with Crippen LogP contribution in [0.5, 0.6) is 0 Å². The monoisotopic (exact) mass is 391 g/mol. The number of hydrogen-bond acceptors (Lipinski definition) is 7. The molecule has 1 saturated heterocycles. The zero-order valence-electron chi connectivity index (χ0n) is 15.2. The smallest absolute Gasteiger partial charge is 0.227 e. The minimum absolute atomic E-state index is 0.0389. The summed E-state index contributed by atoms with van der Waals surface area (Å²) in [6.45, 7) is 1.53. The van der Waals surface area contributed by atoms with E-state index in [0.717, 1.165) is 31.4 Å². The van der Waals surface area contributed by atoms with Gasteiger partial charge in [-0.15, -0.1) is 0 Å². The van der Waals surface area contributed by atoms with Gasteiger partial charge >= 0.3 is 0 Å². The molecule has 3 N–H and O–H groups in total. The third kappa shape index (κ3) is 5.36. The second-order valence-corrected chi connectivity index (χ2v) is 7.38. The summed E-state index contributed by atoms with van der Waals surface area (Å²) >= 11 is 1.57. The zero-order chi connectivity index (χ0) is 19.1. The molecular formula is C18H25N5O3S. The lowest BCUT2D eigenvalue weighted by Crippen LogP contribution is -2.49. The molecular weight excluding hydrogens is 366 g/mol. The van der Waals surface area contributed by atoms with E-state index in [1.165, 1.54) is 0 Å². The fourth-order valence-corrected chi connectivity index (χ4v) is 3.85. The summed E-state index contributed by atoms with van der Waals surface area (Å²) in [6, 6.07) is 1.97. The van der Waals surface area contributed by atoms with Crippen molar-refractivity contribution in [3.63, 3.8) is 0 Å². The van der Waals surface area contributed by atoms with Gasteiger partial charge in [0.1, 0.15) is 0 Å². The first kappa shape index (κ1) is 19.5. The van der Waals surface area contributed by atoms with Crippen LogP contribution in [0.3, 0.4) is 0 Å². The Morgan fingerprint density at radius 3 is 3.04 bits per heavy atom. The average Bonchev–Trinajstić information content (AvgIpc) is 3.36. The highest BCUT2D eigenvalue weighted by atomic mass is 32.1. The van der Waals surface area contributed by atoms with Gasteiger partial charge in [0.15, 0.2) is 0 Å². The minimum atomic E-state index is -0.0673. The van der Waals surface area contributed by atoms with E-state index in [1.54, 1.807) is 11.3 Å². The van der Waals surface area contributed by atoms with Crippen molar-refractivity contribution in [2.75, 3.05) is 19.6 Å². The molecule has 1 fully saturated rings. The van der Waals surface area contributed by atoms with Gasteiger partial charge in [-0.05, 0) is 30.7 Å². The number of aromatic nitrogens is 2. The Morgan fingerprint density at radius 1 is 1.37 bits per heavy atom. The molecule has 0 aliphatic carbocycles. The quantitative estimate of drug-likeness (QED) is 0.706. The van der Waals surface area contributed by atoms with Gasteiger partial charge in [-0.25, -0.2) is 0 Å². The van der Waals surface area contributed by atoms with E-state index in [4.69, 9.17) is 10.3 Å². The number of aryl methyl sites for hydroxylation is 1. The largest absolute Gasteiger partial charge is 0.354 e. The van der Waals surface area contributed by atoms with Crippen LogP contribution in [-0.2, 0) is 16.0 Å². The molecule has 1 atom stereocenters. The van der Waals surface area contributed by atoms with Gasteiger partial charge in [-0.2, -0.15) is 16.3 Å². The maximum atomic E-state index is 12.7. The fraction of sp³-hybridized carbons (Fsp3) is 0.556. The van der Waals surface area contributed by atoms with Gasteiger partial charge in [0, 0.05) is 55.9 Å². The third-order valence-electron chi connectivity index (χ3n) is 4.65. The minimum Gasteiger partial charge on any atom is -0.354 e. The van der Waals surface area contributed by atoms with E-state index in [-0.39, 0.29) is 17.9 Å². The number of amides is 2. The number of carbonyl (C=O) groups is 2. The number of thiophene rings is 1. The first-order valence-electron chi connectivity index (χ1n) is 9.28. The molecule has 2 aromatic rings. The van der Waals surface area contributed by atoms with Gasteiger partial charge in [-0.3, -0.25) is 9.59 Å². The highest BCUT2D eigenvalue weighted by molar-refractivity contribution is 7.08. The lowest BCUT2D eigenvalue weighted by atomic mass is 10.0. The van der Waals surface area contributed by atoms with Crippen LogP contribution in [0, 0.1) is 0 Å². The summed E-state index contributed by atoms with van der Waals surface area (Å²) in [5, 5.41) is 10.8. The van der Waals surface area contributed by atoms with E-state index in [1.807, 2.05) is 21.7 Å². The molecule has 1 unspecified atom stereocenters. The van der Waals surface area contributed by atoms with Crippen molar-refractivity contribution in [3.05, 3.63) is 22.7 Å². The number of likely N-dealkylation sites (tertiary alicyclic amines) is 1. The molecule has 2 aromatic heterocycles. The van der Waals surface area contributed by atoms with E-state index >= 15 is 0 Å². The van der Waals surface area contributed by atoms with Crippen molar-refractivity contribution in [2.24, 2.45) is 5.73 Å². The first-order valence-corrected chi connectivity index (χ1v) is 10.2. The Bertz CT molecular complexity index is 746. The SMILES string of the molecule is NCCC(=O)NCC1CCCCN1C(=O)CCc1nc(-c2ccsc2)no1. The Hall–Kier alpha value is -2.26. The molecule has 0 radical (unpaired) electrons. The summed E-state index contributed by atoms with van der Waals surface area (Å²) in [5.74, 6) is 1.01. The van der Waals surface area contributed by atoms with Crippen molar-refractivity contribution in [3.8, 4) is 11.4 Å². The van der Waals surface area contributed by atoms with Crippen LogP contribution < -0.4 is 11.1 Å². The van der Waals surface area contributed by atoms with Gasteiger partial charge in [0.25, 0.3) is 0 Å². The second kappa shape index (κ2) is 9.61. The molecule has 9 heteroatoms. The summed E-state index contributed by atoms with van der Waals surface area (Å²) in [6.07, 6.45) is 4.00. The molecule has 0 aromatic carbocycles. The number of carbonyl (C=O) groups excluding carboxylic acids is 2. The summed E-state index contributed by atoms with van der Waals surface area (Å²) in [5.41, 5.74) is 6.32. The maximum absolute atomic E-state index is 12.7. The van der Waals surface area contributed by atoms with E-state index in [0.29, 0.717) is 44.1 Å². The molecule has 0 spiro atoms. The van der Waals surface area contributed by atoms with Crippen molar-refractivity contribution in [1.82, 2.24) is 20.4 Å². The molecule has 2 amide bonds. The van der Waals surface area contributed by atoms with Crippen LogP contribution in [0.4, 0.5) is 0 Å².